The van der Waals surface area contributed by atoms with Crippen molar-refractivity contribution in [2.24, 2.45) is 0 Å². The Morgan fingerprint density at radius 3 is 2.91 bits per heavy atom. The molecule has 22 heavy (non-hydrogen) atoms. The Bertz CT molecular complexity index is 752. The van der Waals surface area contributed by atoms with Gasteiger partial charge in [0.05, 0.1) is 5.69 Å². The van der Waals surface area contributed by atoms with Gasteiger partial charge in [0, 0.05) is 32.2 Å². The summed E-state index contributed by atoms with van der Waals surface area (Å²) in [5.41, 5.74) is 3.45. The van der Waals surface area contributed by atoms with Crippen molar-refractivity contribution in [3.05, 3.63) is 66.1 Å². The van der Waals surface area contributed by atoms with Gasteiger partial charge in [-0.3, -0.25) is 4.90 Å². The zero-order valence-electron chi connectivity index (χ0n) is 12.4. The summed E-state index contributed by atoms with van der Waals surface area (Å²) in [6.07, 6.45) is 1.61. The number of hydrogen-bond acceptors (Lipinski definition) is 4. The van der Waals surface area contributed by atoms with Gasteiger partial charge in [0.1, 0.15) is 6.33 Å². The van der Waals surface area contributed by atoms with Crippen molar-refractivity contribution < 1.29 is 0 Å². The number of rotatable bonds is 3. The lowest BCUT2D eigenvalue weighted by Crippen LogP contribution is -2.45. The van der Waals surface area contributed by atoms with Crippen molar-refractivity contribution in [2.75, 3.05) is 19.6 Å². The van der Waals surface area contributed by atoms with E-state index in [1.165, 1.54) is 11.3 Å². The summed E-state index contributed by atoms with van der Waals surface area (Å²) >= 11 is 0. The van der Waals surface area contributed by atoms with Gasteiger partial charge in [-0.2, -0.15) is 5.10 Å². The first kappa shape index (κ1) is 13.4. The Labute approximate surface area is 129 Å². The van der Waals surface area contributed by atoms with Crippen molar-refractivity contribution >= 4 is 5.65 Å². The Hall–Kier alpha value is -2.24. The first-order valence-corrected chi connectivity index (χ1v) is 7.68. The quantitative estimate of drug-likeness (QED) is 0.801. The van der Waals surface area contributed by atoms with Crippen molar-refractivity contribution in [3.8, 4) is 0 Å². The summed E-state index contributed by atoms with van der Waals surface area (Å²) in [5.74, 6) is 0. The molecule has 2 aromatic heterocycles. The molecule has 3 heterocycles. The van der Waals surface area contributed by atoms with E-state index in [9.17, 15) is 0 Å². The van der Waals surface area contributed by atoms with Gasteiger partial charge in [-0.1, -0.05) is 36.4 Å². The van der Waals surface area contributed by atoms with Gasteiger partial charge in [-0.15, -0.1) is 0 Å². The van der Waals surface area contributed by atoms with Crippen molar-refractivity contribution in [3.63, 3.8) is 0 Å². The zero-order valence-corrected chi connectivity index (χ0v) is 12.4. The largest absolute Gasteiger partial charge is 0.308 e. The van der Waals surface area contributed by atoms with Crippen molar-refractivity contribution in [2.45, 2.75) is 12.6 Å². The summed E-state index contributed by atoms with van der Waals surface area (Å²) in [6.45, 7) is 3.96. The predicted molar refractivity (Wildman–Crippen MR) is 85.4 cm³/mol. The van der Waals surface area contributed by atoms with E-state index >= 15 is 0 Å². The van der Waals surface area contributed by atoms with E-state index in [2.05, 4.69) is 62.8 Å². The van der Waals surface area contributed by atoms with Gasteiger partial charge >= 0.3 is 0 Å². The highest BCUT2D eigenvalue weighted by Crippen LogP contribution is 2.18. The van der Waals surface area contributed by atoms with E-state index in [0.29, 0.717) is 6.04 Å². The second-order valence-corrected chi connectivity index (χ2v) is 5.70. The molecule has 4 rings (SSSR count). The van der Waals surface area contributed by atoms with Gasteiger partial charge in [-0.25, -0.2) is 9.50 Å². The molecule has 1 saturated heterocycles. The third-order valence-corrected chi connectivity index (χ3v) is 4.23. The number of piperazine rings is 1. The highest BCUT2D eigenvalue weighted by molar-refractivity contribution is 5.37. The van der Waals surface area contributed by atoms with Crippen LogP contribution < -0.4 is 5.32 Å². The molecule has 5 heteroatoms. The number of hydrogen-bond donors (Lipinski definition) is 1. The third kappa shape index (κ3) is 2.61. The maximum absolute atomic E-state index is 4.32. The minimum absolute atomic E-state index is 0.393. The molecule has 1 atom stereocenters. The predicted octanol–water partition coefficient (Wildman–Crippen LogP) is 1.88. The maximum atomic E-state index is 4.32. The number of fused-ring (bicyclic) bond motifs is 1. The Kier molecular flexibility index (Phi) is 3.58. The van der Waals surface area contributed by atoms with Crippen LogP contribution in [0.2, 0.25) is 0 Å². The lowest BCUT2D eigenvalue weighted by molar-refractivity contribution is 0.190. The van der Waals surface area contributed by atoms with Crippen LogP contribution in [0.3, 0.4) is 0 Å². The fourth-order valence-electron chi connectivity index (χ4n) is 3.11. The minimum atomic E-state index is 0.393. The molecule has 0 amide bonds. The SMILES string of the molecule is c1ccc(C2CN(Cc3cccc4ncnn34)CCN2)cc1. The number of aromatic nitrogens is 3. The molecular weight excluding hydrogens is 274 g/mol. The molecule has 1 aliphatic heterocycles. The molecule has 5 nitrogen and oxygen atoms in total. The van der Waals surface area contributed by atoms with Crippen molar-refractivity contribution in [1.82, 2.24) is 24.8 Å². The molecular formula is C17H19N5. The zero-order chi connectivity index (χ0) is 14.8. The monoisotopic (exact) mass is 293 g/mol. The normalized spacial score (nSPS) is 19.5. The third-order valence-electron chi connectivity index (χ3n) is 4.23. The van der Waals surface area contributed by atoms with E-state index < -0.39 is 0 Å². The molecule has 0 spiro atoms. The van der Waals surface area contributed by atoms with Crippen LogP contribution in [-0.4, -0.2) is 39.1 Å². The fourth-order valence-corrected chi connectivity index (χ4v) is 3.11. The van der Waals surface area contributed by atoms with Crippen LogP contribution in [0.25, 0.3) is 5.65 Å². The first-order valence-electron chi connectivity index (χ1n) is 7.68. The van der Waals surface area contributed by atoms with Crippen LogP contribution in [0.15, 0.2) is 54.9 Å². The Balaban J connectivity index is 1.52. The fraction of sp³-hybridized carbons (Fsp3) is 0.294. The molecule has 0 radical (unpaired) electrons. The molecule has 0 bridgehead atoms. The van der Waals surface area contributed by atoms with Gasteiger partial charge in [0.2, 0.25) is 0 Å². The van der Waals surface area contributed by atoms with Gasteiger partial charge in [-0.05, 0) is 17.7 Å². The molecule has 1 fully saturated rings. The van der Waals surface area contributed by atoms with Crippen LogP contribution in [-0.2, 0) is 6.54 Å². The second-order valence-electron chi connectivity index (χ2n) is 5.70. The molecule has 1 aromatic carbocycles. The first-order chi connectivity index (χ1) is 10.9. The van der Waals surface area contributed by atoms with E-state index in [4.69, 9.17) is 0 Å². The maximum Gasteiger partial charge on any atom is 0.155 e. The number of pyridine rings is 1. The molecule has 112 valence electrons. The Morgan fingerprint density at radius 2 is 2.00 bits per heavy atom. The smallest absolute Gasteiger partial charge is 0.155 e. The van der Waals surface area contributed by atoms with Gasteiger partial charge < -0.3 is 5.32 Å². The van der Waals surface area contributed by atoms with E-state index in [1.54, 1.807) is 6.33 Å². The van der Waals surface area contributed by atoms with Crippen LogP contribution in [0, 0.1) is 0 Å². The lowest BCUT2D eigenvalue weighted by atomic mass is 10.0. The molecule has 0 saturated carbocycles. The molecule has 1 aliphatic rings. The summed E-state index contributed by atoms with van der Waals surface area (Å²) in [5, 5.41) is 7.93. The van der Waals surface area contributed by atoms with Crippen LogP contribution in [0.1, 0.15) is 17.3 Å². The van der Waals surface area contributed by atoms with Crippen LogP contribution in [0.4, 0.5) is 0 Å². The highest BCUT2D eigenvalue weighted by Gasteiger charge is 2.21. The van der Waals surface area contributed by atoms with E-state index in [-0.39, 0.29) is 0 Å². The number of nitrogens with one attached hydrogen (secondary N) is 1. The topological polar surface area (TPSA) is 45.5 Å². The summed E-state index contributed by atoms with van der Waals surface area (Å²) < 4.78 is 1.93. The van der Waals surface area contributed by atoms with Crippen LogP contribution in [0.5, 0.6) is 0 Å². The summed E-state index contributed by atoms with van der Waals surface area (Å²) in [6, 6.07) is 17.2. The summed E-state index contributed by atoms with van der Waals surface area (Å²) in [4.78, 5) is 6.73. The number of benzene rings is 1. The minimum Gasteiger partial charge on any atom is -0.308 e. The van der Waals surface area contributed by atoms with Gasteiger partial charge in [0.15, 0.2) is 5.65 Å². The average Bonchev–Trinajstić information content (AvgIpc) is 3.06. The second kappa shape index (κ2) is 5.87. The van der Waals surface area contributed by atoms with E-state index in [0.717, 1.165) is 31.8 Å². The number of nitrogens with zero attached hydrogens (tertiary/aromatic N) is 4. The molecule has 1 unspecified atom stereocenters. The lowest BCUT2D eigenvalue weighted by Gasteiger charge is -2.34. The summed E-state index contributed by atoms with van der Waals surface area (Å²) in [7, 11) is 0. The molecule has 3 aromatic rings. The van der Waals surface area contributed by atoms with Crippen LogP contribution >= 0.6 is 0 Å². The Morgan fingerprint density at radius 1 is 1.09 bits per heavy atom. The van der Waals surface area contributed by atoms with Crippen molar-refractivity contribution in [1.29, 1.82) is 0 Å². The van der Waals surface area contributed by atoms with Gasteiger partial charge in [0.25, 0.3) is 0 Å². The molecule has 1 N–H and O–H groups in total. The molecule has 0 aliphatic carbocycles. The highest BCUT2D eigenvalue weighted by atomic mass is 15.3. The standard InChI is InChI=1S/C17H19N5/c1-2-5-14(6-3-1)16-12-21(10-9-18-16)11-15-7-4-8-17-19-13-20-22(15)17/h1-8,13,16,18H,9-12H2. The van der Waals surface area contributed by atoms with E-state index in [1.807, 2.05) is 10.6 Å². The average molecular weight is 293 g/mol.